The number of halogens is 3. The van der Waals surface area contributed by atoms with Gasteiger partial charge in [-0.1, -0.05) is 34.5 Å². The van der Waals surface area contributed by atoms with E-state index in [9.17, 15) is 4.79 Å². The maximum atomic E-state index is 13.0. The summed E-state index contributed by atoms with van der Waals surface area (Å²) in [5.74, 6) is 0.952. The number of nitrogens with zero attached hydrogens (tertiary/aromatic N) is 3. The zero-order chi connectivity index (χ0) is 21.7. The molecule has 0 aliphatic heterocycles. The highest BCUT2D eigenvalue weighted by Crippen LogP contribution is 2.32. The molecule has 6 nitrogen and oxygen atoms in total. The minimum atomic E-state index is -0.189. The number of hydrogen-bond acceptors (Lipinski definition) is 6. The van der Waals surface area contributed by atoms with E-state index in [2.05, 4.69) is 9.88 Å². The van der Waals surface area contributed by atoms with Crippen LogP contribution in [0.1, 0.15) is 6.42 Å². The van der Waals surface area contributed by atoms with Crippen LogP contribution in [0.5, 0.6) is 11.5 Å². The molecule has 1 amide bonds. The Hall–Kier alpha value is -1.77. The number of hydrogen-bond donors (Lipinski definition) is 0. The van der Waals surface area contributed by atoms with Crippen LogP contribution >= 0.6 is 46.9 Å². The molecule has 3 rings (SSSR count). The number of aromatic nitrogens is 1. The maximum Gasteiger partial charge on any atom is 0.266 e. The molecule has 0 bridgehead atoms. The van der Waals surface area contributed by atoms with Gasteiger partial charge in [0.1, 0.15) is 11.5 Å². The van der Waals surface area contributed by atoms with Gasteiger partial charge in [-0.2, -0.15) is 0 Å². The van der Waals surface area contributed by atoms with Crippen molar-refractivity contribution in [2.45, 2.75) is 6.42 Å². The molecule has 10 heteroatoms. The molecule has 1 aromatic heterocycles. The summed E-state index contributed by atoms with van der Waals surface area (Å²) >= 11 is 13.5. The number of carbonyl (C=O) groups is 1. The molecule has 3 aromatic rings. The lowest BCUT2D eigenvalue weighted by atomic mass is 10.3. The number of methoxy groups -OCH3 is 1. The van der Waals surface area contributed by atoms with Gasteiger partial charge in [-0.25, -0.2) is 4.98 Å². The smallest absolute Gasteiger partial charge is 0.266 e. The van der Waals surface area contributed by atoms with Crippen LogP contribution < -0.4 is 14.4 Å². The number of benzene rings is 2. The average molecular weight is 505 g/mol. The van der Waals surface area contributed by atoms with Crippen LogP contribution in [0.4, 0.5) is 5.13 Å². The molecule has 0 aliphatic rings. The average Bonchev–Trinajstić information content (AvgIpc) is 3.12. The summed E-state index contributed by atoms with van der Waals surface area (Å²) in [6.07, 6.45) is 0.805. The number of carbonyl (C=O) groups excluding carboxylic acids is 1. The van der Waals surface area contributed by atoms with Crippen molar-refractivity contribution in [2.24, 2.45) is 0 Å². The Kier molecular flexibility index (Phi) is 9.65. The summed E-state index contributed by atoms with van der Waals surface area (Å²) in [6, 6.07) is 10.6. The van der Waals surface area contributed by atoms with Crippen molar-refractivity contribution in [3.8, 4) is 11.5 Å². The molecular weight excluding hydrogens is 481 g/mol. The minimum Gasteiger partial charge on any atom is -0.497 e. The van der Waals surface area contributed by atoms with Gasteiger partial charge in [-0.3, -0.25) is 9.69 Å². The number of ether oxygens (including phenoxy) is 2. The fourth-order valence-corrected chi connectivity index (χ4v) is 4.27. The van der Waals surface area contributed by atoms with Gasteiger partial charge < -0.3 is 14.4 Å². The summed E-state index contributed by atoms with van der Waals surface area (Å²) in [5.41, 5.74) is 0.793. The maximum absolute atomic E-state index is 13.0. The number of thiazole rings is 1. The lowest BCUT2D eigenvalue weighted by Crippen LogP contribution is -2.36. The lowest BCUT2D eigenvalue weighted by Gasteiger charge is -2.21. The largest absolute Gasteiger partial charge is 0.497 e. The zero-order valence-corrected chi connectivity index (χ0v) is 20.6. The van der Waals surface area contributed by atoms with Gasteiger partial charge >= 0.3 is 0 Å². The summed E-state index contributed by atoms with van der Waals surface area (Å²) in [4.78, 5) is 21.4. The molecule has 0 unspecified atom stereocenters. The SMILES string of the molecule is COc1ccc2sc(N(CCCN(C)C)C(=O)COc3ccc(Cl)cc3Cl)nc2c1.Cl. The highest BCUT2D eigenvalue weighted by Gasteiger charge is 2.21. The van der Waals surface area contributed by atoms with Gasteiger partial charge in [0, 0.05) is 17.6 Å². The molecule has 2 aromatic carbocycles. The number of anilines is 1. The molecule has 0 spiro atoms. The molecule has 1 heterocycles. The monoisotopic (exact) mass is 503 g/mol. The molecule has 0 saturated carbocycles. The Labute approximate surface area is 202 Å². The fraction of sp³-hybridized carbons (Fsp3) is 0.333. The third-order valence-electron chi connectivity index (χ3n) is 4.35. The van der Waals surface area contributed by atoms with Gasteiger partial charge in [0.05, 0.1) is 22.3 Å². The highest BCUT2D eigenvalue weighted by atomic mass is 35.5. The van der Waals surface area contributed by atoms with Crippen LogP contribution in [-0.4, -0.2) is 56.7 Å². The van der Waals surface area contributed by atoms with E-state index in [-0.39, 0.29) is 24.9 Å². The third-order valence-corrected chi connectivity index (χ3v) is 5.94. The molecule has 0 N–H and O–H groups in total. The fourth-order valence-electron chi connectivity index (χ4n) is 2.82. The Balaban J connectivity index is 0.00000341. The van der Waals surface area contributed by atoms with Crippen molar-refractivity contribution in [2.75, 3.05) is 45.8 Å². The summed E-state index contributed by atoms with van der Waals surface area (Å²) in [5, 5.41) is 1.50. The first-order valence-electron chi connectivity index (χ1n) is 9.35. The Bertz CT molecular complexity index is 1030. The molecule has 0 aliphatic carbocycles. The van der Waals surface area contributed by atoms with Crippen molar-refractivity contribution in [1.82, 2.24) is 9.88 Å². The van der Waals surface area contributed by atoms with E-state index in [1.165, 1.54) is 11.3 Å². The Morgan fingerprint density at radius 3 is 2.58 bits per heavy atom. The van der Waals surface area contributed by atoms with Crippen molar-refractivity contribution in [3.05, 3.63) is 46.4 Å². The molecule has 0 atom stereocenters. The number of fused-ring (bicyclic) bond motifs is 1. The van der Waals surface area contributed by atoms with Crippen molar-refractivity contribution in [3.63, 3.8) is 0 Å². The van der Waals surface area contributed by atoms with E-state index in [1.54, 1.807) is 30.2 Å². The third kappa shape index (κ3) is 6.85. The molecule has 0 radical (unpaired) electrons. The molecule has 31 heavy (non-hydrogen) atoms. The van der Waals surface area contributed by atoms with Crippen LogP contribution in [0, 0.1) is 0 Å². The van der Waals surface area contributed by atoms with E-state index in [0.717, 1.165) is 28.9 Å². The van der Waals surface area contributed by atoms with Crippen molar-refractivity contribution >= 4 is 68.2 Å². The standard InChI is InChI=1S/C21H23Cl2N3O3S.ClH/c1-25(2)9-4-10-26(20(27)13-29-18-7-5-14(22)11-16(18)23)21-24-17-12-15(28-3)6-8-19(17)30-21;/h5-8,11-12H,4,9-10,13H2,1-3H3;1H. The Morgan fingerprint density at radius 1 is 1.13 bits per heavy atom. The highest BCUT2D eigenvalue weighted by molar-refractivity contribution is 7.22. The molecule has 168 valence electrons. The molecular formula is C21H24Cl3N3O3S. The second-order valence-electron chi connectivity index (χ2n) is 6.90. The van der Waals surface area contributed by atoms with Crippen LogP contribution in [0.3, 0.4) is 0 Å². The van der Waals surface area contributed by atoms with Crippen LogP contribution in [0.15, 0.2) is 36.4 Å². The minimum absolute atomic E-state index is 0. The molecule has 0 saturated heterocycles. The Morgan fingerprint density at radius 2 is 1.90 bits per heavy atom. The van der Waals surface area contributed by atoms with Crippen LogP contribution in [0.25, 0.3) is 10.2 Å². The van der Waals surface area contributed by atoms with E-state index in [0.29, 0.717) is 27.5 Å². The van der Waals surface area contributed by atoms with Gasteiger partial charge in [-0.05, 0) is 57.4 Å². The normalized spacial score (nSPS) is 10.8. The molecule has 0 fully saturated rings. The topological polar surface area (TPSA) is 54.9 Å². The number of rotatable bonds is 9. The number of amides is 1. The quantitative estimate of drug-likeness (QED) is 0.391. The zero-order valence-electron chi connectivity index (χ0n) is 17.4. The first kappa shape index (κ1) is 25.5. The summed E-state index contributed by atoms with van der Waals surface area (Å²) < 4.78 is 11.9. The van der Waals surface area contributed by atoms with E-state index < -0.39 is 0 Å². The van der Waals surface area contributed by atoms with Gasteiger partial charge in [0.2, 0.25) is 0 Å². The first-order chi connectivity index (χ1) is 14.4. The van der Waals surface area contributed by atoms with E-state index >= 15 is 0 Å². The summed E-state index contributed by atoms with van der Waals surface area (Å²) in [7, 11) is 5.62. The van der Waals surface area contributed by atoms with Gasteiger partial charge in [0.25, 0.3) is 5.91 Å². The first-order valence-corrected chi connectivity index (χ1v) is 10.9. The predicted octanol–water partition coefficient (Wildman–Crippen LogP) is 5.40. The van der Waals surface area contributed by atoms with E-state index in [4.69, 9.17) is 32.7 Å². The van der Waals surface area contributed by atoms with Crippen LogP contribution in [-0.2, 0) is 4.79 Å². The van der Waals surface area contributed by atoms with Crippen molar-refractivity contribution < 1.29 is 14.3 Å². The van der Waals surface area contributed by atoms with Crippen LogP contribution in [0.2, 0.25) is 10.0 Å². The van der Waals surface area contributed by atoms with E-state index in [1.807, 2.05) is 32.3 Å². The lowest BCUT2D eigenvalue weighted by molar-refractivity contribution is -0.120. The van der Waals surface area contributed by atoms with Crippen molar-refractivity contribution in [1.29, 1.82) is 0 Å². The summed E-state index contributed by atoms with van der Waals surface area (Å²) in [6.45, 7) is 1.24. The second-order valence-corrected chi connectivity index (χ2v) is 8.75. The van der Waals surface area contributed by atoms with Gasteiger partial charge in [0.15, 0.2) is 11.7 Å². The predicted molar refractivity (Wildman–Crippen MR) is 131 cm³/mol. The second kappa shape index (κ2) is 11.7. The van der Waals surface area contributed by atoms with Gasteiger partial charge in [-0.15, -0.1) is 12.4 Å².